The fourth-order valence-corrected chi connectivity index (χ4v) is 3.49. The molecule has 5 nitrogen and oxygen atoms in total. The molecule has 0 amide bonds. The van der Waals surface area contributed by atoms with E-state index in [1.54, 1.807) is 0 Å². The highest BCUT2D eigenvalue weighted by Crippen LogP contribution is 2.21. The normalized spacial score (nSPS) is 13.4. The Morgan fingerprint density at radius 1 is 1.40 bits per heavy atom. The summed E-state index contributed by atoms with van der Waals surface area (Å²) < 4.78 is 27.1. The second kappa shape index (κ2) is 6.56. The Kier molecular flexibility index (Phi) is 5.56. The number of benzene rings is 1. The van der Waals surface area contributed by atoms with E-state index in [-0.39, 0.29) is 27.4 Å². The average Bonchev–Trinajstić information content (AvgIpc) is 2.35. The summed E-state index contributed by atoms with van der Waals surface area (Å²) in [6.45, 7) is 5.72. The molecule has 1 atom stereocenters. The van der Waals surface area contributed by atoms with Crippen molar-refractivity contribution in [1.29, 1.82) is 0 Å². The third-order valence-electron chi connectivity index (χ3n) is 3.03. The molecule has 0 heterocycles. The van der Waals surface area contributed by atoms with Crippen molar-refractivity contribution in [3.05, 3.63) is 28.8 Å². The maximum absolute atomic E-state index is 12.2. The van der Waals surface area contributed by atoms with Gasteiger partial charge in [-0.25, -0.2) is 17.9 Å². The molecule has 1 aromatic rings. The van der Waals surface area contributed by atoms with Crippen LogP contribution in [0.3, 0.4) is 0 Å². The van der Waals surface area contributed by atoms with Gasteiger partial charge in [0.2, 0.25) is 10.0 Å². The quantitative estimate of drug-likeness (QED) is 0.844. The van der Waals surface area contributed by atoms with E-state index in [0.29, 0.717) is 6.42 Å². The van der Waals surface area contributed by atoms with Gasteiger partial charge in [-0.2, -0.15) is 0 Å². The van der Waals surface area contributed by atoms with E-state index in [0.717, 1.165) is 6.07 Å². The van der Waals surface area contributed by atoms with Crippen LogP contribution in [0.2, 0.25) is 5.02 Å². The number of nitrogens with one attached hydrogen (secondary N) is 1. The molecule has 0 bridgehead atoms. The molecule has 1 aromatic carbocycles. The minimum atomic E-state index is -3.76. The number of hydrogen-bond donors (Lipinski definition) is 2. The maximum Gasteiger partial charge on any atom is 0.337 e. The van der Waals surface area contributed by atoms with E-state index < -0.39 is 16.0 Å². The van der Waals surface area contributed by atoms with E-state index >= 15 is 0 Å². The summed E-state index contributed by atoms with van der Waals surface area (Å²) in [5, 5.41) is 8.98. The van der Waals surface area contributed by atoms with Gasteiger partial charge in [0, 0.05) is 6.04 Å². The molecule has 0 saturated heterocycles. The number of carboxylic acids is 1. The van der Waals surface area contributed by atoms with Crippen LogP contribution < -0.4 is 4.72 Å². The lowest BCUT2D eigenvalue weighted by Crippen LogP contribution is -2.38. The van der Waals surface area contributed by atoms with Crippen molar-refractivity contribution >= 4 is 27.6 Å². The van der Waals surface area contributed by atoms with Crippen molar-refractivity contribution in [2.45, 2.75) is 38.1 Å². The lowest BCUT2D eigenvalue weighted by atomic mass is 10.0. The molecule has 0 spiro atoms. The smallest absolute Gasteiger partial charge is 0.337 e. The van der Waals surface area contributed by atoms with Gasteiger partial charge < -0.3 is 5.11 Å². The van der Waals surface area contributed by atoms with Crippen LogP contribution in [0.25, 0.3) is 0 Å². The summed E-state index contributed by atoms with van der Waals surface area (Å²) in [6, 6.07) is 3.43. The summed E-state index contributed by atoms with van der Waals surface area (Å²) in [4.78, 5) is 10.9. The maximum atomic E-state index is 12.2. The first-order valence-electron chi connectivity index (χ1n) is 6.24. The zero-order valence-electron chi connectivity index (χ0n) is 11.6. The molecule has 2 N–H and O–H groups in total. The van der Waals surface area contributed by atoms with E-state index in [9.17, 15) is 13.2 Å². The fraction of sp³-hybridized carbons (Fsp3) is 0.462. The molecule has 1 unspecified atom stereocenters. The molecule has 0 radical (unpaired) electrons. The monoisotopic (exact) mass is 319 g/mol. The van der Waals surface area contributed by atoms with Gasteiger partial charge in [0.1, 0.15) is 0 Å². The van der Waals surface area contributed by atoms with Gasteiger partial charge in [-0.05, 0) is 30.5 Å². The first kappa shape index (κ1) is 16.9. The molecule has 7 heteroatoms. The predicted molar refractivity (Wildman–Crippen MR) is 77.6 cm³/mol. The molecule has 20 heavy (non-hydrogen) atoms. The zero-order chi connectivity index (χ0) is 15.5. The molecule has 0 saturated carbocycles. The van der Waals surface area contributed by atoms with Gasteiger partial charge in [-0.3, -0.25) is 0 Å². The summed E-state index contributed by atoms with van der Waals surface area (Å²) in [6.07, 6.45) is 0.649. The molecule has 112 valence electrons. The number of carboxylic acid groups (broad SMARTS) is 1. The fourth-order valence-electron chi connectivity index (χ4n) is 1.79. The predicted octanol–water partition coefficient (Wildman–Crippen LogP) is 2.75. The second-order valence-corrected chi connectivity index (χ2v) is 6.95. The van der Waals surface area contributed by atoms with Crippen molar-refractivity contribution in [2.24, 2.45) is 5.92 Å². The Balaban J connectivity index is 3.16. The van der Waals surface area contributed by atoms with Crippen molar-refractivity contribution in [3.8, 4) is 0 Å². The van der Waals surface area contributed by atoms with Gasteiger partial charge in [0.25, 0.3) is 0 Å². The third-order valence-corrected chi connectivity index (χ3v) is 4.85. The van der Waals surface area contributed by atoms with Gasteiger partial charge in [-0.15, -0.1) is 0 Å². The Morgan fingerprint density at radius 3 is 2.45 bits per heavy atom. The van der Waals surface area contributed by atoms with E-state index in [1.165, 1.54) is 12.1 Å². The molecule has 0 aliphatic carbocycles. The molecular formula is C13H18ClNO4S. The lowest BCUT2D eigenvalue weighted by Gasteiger charge is -2.20. The van der Waals surface area contributed by atoms with Gasteiger partial charge >= 0.3 is 5.97 Å². The second-order valence-electron chi connectivity index (χ2n) is 4.83. The lowest BCUT2D eigenvalue weighted by molar-refractivity contribution is 0.0697. The minimum Gasteiger partial charge on any atom is -0.478 e. The van der Waals surface area contributed by atoms with Crippen LogP contribution in [0.5, 0.6) is 0 Å². The summed E-state index contributed by atoms with van der Waals surface area (Å²) in [5.41, 5.74) is -0.230. The standard InChI is InChI=1S/C13H18ClNO4S/c1-4-12(8(2)3)15-20(18,19)9-5-6-11(14)10(7-9)13(16)17/h5-8,12,15H,4H2,1-3H3,(H,16,17). The van der Waals surface area contributed by atoms with Crippen molar-refractivity contribution in [3.63, 3.8) is 0 Å². The highest BCUT2D eigenvalue weighted by atomic mass is 35.5. The highest BCUT2D eigenvalue weighted by molar-refractivity contribution is 7.89. The van der Waals surface area contributed by atoms with E-state index in [4.69, 9.17) is 16.7 Å². The van der Waals surface area contributed by atoms with Crippen LogP contribution in [0.1, 0.15) is 37.6 Å². The molecule has 1 rings (SSSR count). The summed E-state index contributed by atoms with van der Waals surface area (Å²) in [5.74, 6) is -1.12. The topological polar surface area (TPSA) is 83.5 Å². The van der Waals surface area contributed by atoms with Crippen LogP contribution >= 0.6 is 11.6 Å². The Hall–Kier alpha value is -1.11. The number of carbonyl (C=O) groups is 1. The van der Waals surface area contributed by atoms with Crippen LogP contribution in [-0.4, -0.2) is 25.5 Å². The number of sulfonamides is 1. The Bertz CT molecular complexity index is 598. The number of hydrogen-bond acceptors (Lipinski definition) is 3. The SMILES string of the molecule is CCC(NS(=O)(=O)c1ccc(Cl)c(C(=O)O)c1)C(C)C. The first-order chi connectivity index (χ1) is 9.19. The highest BCUT2D eigenvalue weighted by Gasteiger charge is 2.23. The van der Waals surface area contributed by atoms with Crippen LogP contribution in [-0.2, 0) is 10.0 Å². The number of halogens is 1. The van der Waals surface area contributed by atoms with Crippen molar-refractivity contribution < 1.29 is 18.3 Å². The van der Waals surface area contributed by atoms with E-state index in [1.807, 2.05) is 20.8 Å². The van der Waals surface area contributed by atoms with Gasteiger partial charge in [0.15, 0.2) is 0 Å². The Morgan fingerprint density at radius 2 is 2.00 bits per heavy atom. The molecule has 0 aliphatic heterocycles. The van der Waals surface area contributed by atoms with Crippen LogP contribution in [0.15, 0.2) is 23.1 Å². The van der Waals surface area contributed by atoms with Crippen LogP contribution in [0, 0.1) is 5.92 Å². The molecule has 0 aliphatic rings. The van der Waals surface area contributed by atoms with Crippen molar-refractivity contribution in [1.82, 2.24) is 4.72 Å². The molecule has 0 aromatic heterocycles. The zero-order valence-corrected chi connectivity index (χ0v) is 13.1. The largest absolute Gasteiger partial charge is 0.478 e. The number of aromatic carboxylic acids is 1. The summed E-state index contributed by atoms with van der Waals surface area (Å²) in [7, 11) is -3.76. The van der Waals surface area contributed by atoms with Gasteiger partial charge in [0.05, 0.1) is 15.5 Å². The van der Waals surface area contributed by atoms with E-state index in [2.05, 4.69) is 4.72 Å². The number of rotatable bonds is 6. The summed E-state index contributed by atoms with van der Waals surface area (Å²) >= 11 is 5.73. The van der Waals surface area contributed by atoms with Crippen molar-refractivity contribution in [2.75, 3.05) is 0 Å². The third kappa shape index (κ3) is 3.94. The molecule has 0 fully saturated rings. The Labute approximate surface area is 124 Å². The average molecular weight is 320 g/mol. The van der Waals surface area contributed by atoms with Crippen LogP contribution in [0.4, 0.5) is 0 Å². The molecular weight excluding hydrogens is 302 g/mol. The minimum absolute atomic E-state index is 0.00681. The first-order valence-corrected chi connectivity index (χ1v) is 8.10. The van der Waals surface area contributed by atoms with Gasteiger partial charge in [-0.1, -0.05) is 32.4 Å².